The zero-order valence-corrected chi connectivity index (χ0v) is 14.4. The third kappa shape index (κ3) is 9.65. The fourth-order valence-corrected chi connectivity index (χ4v) is 2.75. The van der Waals surface area contributed by atoms with E-state index in [1.54, 1.807) is 12.1 Å². The fourth-order valence-electron chi connectivity index (χ4n) is 2.75. The largest absolute Gasteiger partial charge is 0.289 e. The van der Waals surface area contributed by atoms with Crippen molar-refractivity contribution in [2.75, 3.05) is 0 Å². The Balaban J connectivity index is 1.89. The van der Waals surface area contributed by atoms with Gasteiger partial charge in [0.25, 0.3) is 0 Å². The first-order valence-corrected chi connectivity index (χ1v) is 9.27. The quantitative estimate of drug-likeness (QED) is 0.335. The molecular weight excluding hydrogens is 268 g/mol. The van der Waals surface area contributed by atoms with Gasteiger partial charge >= 0.3 is 0 Å². The van der Waals surface area contributed by atoms with E-state index in [0.29, 0.717) is 0 Å². The van der Waals surface area contributed by atoms with Crippen molar-refractivity contribution in [3.05, 3.63) is 35.9 Å². The molecule has 1 aromatic carbocycles. The second-order valence-electron chi connectivity index (χ2n) is 6.26. The van der Waals surface area contributed by atoms with Crippen molar-refractivity contribution in [1.29, 1.82) is 0 Å². The van der Waals surface area contributed by atoms with Gasteiger partial charge in [-0.3, -0.25) is 5.11 Å². The van der Waals surface area contributed by atoms with Gasteiger partial charge < -0.3 is 0 Å². The van der Waals surface area contributed by atoms with E-state index in [2.05, 4.69) is 13.0 Å². The van der Waals surface area contributed by atoms with Crippen LogP contribution in [0.15, 0.2) is 30.3 Å². The molecule has 1 nitrogen and oxygen atoms in total. The molecule has 0 saturated carbocycles. The van der Waals surface area contributed by atoms with E-state index in [-0.39, 0.29) is 5.75 Å². The molecule has 1 radical (unpaired) electrons. The molecule has 1 rings (SSSR count). The lowest BCUT2D eigenvalue weighted by Crippen LogP contribution is -1.82. The molecule has 1 heteroatoms. The minimum Gasteiger partial charge on any atom is -0.289 e. The highest BCUT2D eigenvalue weighted by Gasteiger charge is 1.96. The summed E-state index contributed by atoms with van der Waals surface area (Å²) in [4.78, 5) is 0. The van der Waals surface area contributed by atoms with E-state index < -0.39 is 0 Å². The van der Waals surface area contributed by atoms with Crippen LogP contribution in [0.5, 0.6) is 5.75 Å². The summed E-state index contributed by atoms with van der Waals surface area (Å²) in [5.74, 6) is 0.123. The minimum absolute atomic E-state index is 0.123. The van der Waals surface area contributed by atoms with Gasteiger partial charge in [-0.1, -0.05) is 101 Å². The van der Waals surface area contributed by atoms with Crippen molar-refractivity contribution < 1.29 is 5.11 Å². The maximum Gasteiger partial charge on any atom is 0.185 e. The van der Waals surface area contributed by atoms with Crippen molar-refractivity contribution in [2.45, 2.75) is 84.0 Å². The Hall–Kier alpha value is -1.24. The van der Waals surface area contributed by atoms with Crippen LogP contribution in [0, 0.1) is 0 Å². The molecule has 0 aliphatic carbocycles. The van der Waals surface area contributed by atoms with Gasteiger partial charge in [0.2, 0.25) is 0 Å². The van der Waals surface area contributed by atoms with Gasteiger partial charge in [0, 0.05) is 5.56 Å². The molecule has 0 unspecified atom stereocenters. The number of allylic oxidation sites excluding steroid dienone is 1. The molecule has 0 amide bonds. The lowest BCUT2D eigenvalue weighted by atomic mass is 10.0. The molecule has 0 spiro atoms. The van der Waals surface area contributed by atoms with Crippen molar-refractivity contribution in [2.24, 2.45) is 0 Å². The maximum absolute atomic E-state index is 11.5. The third-order valence-electron chi connectivity index (χ3n) is 4.19. The maximum atomic E-state index is 11.5. The third-order valence-corrected chi connectivity index (χ3v) is 4.19. The molecule has 0 heterocycles. The molecule has 0 bridgehead atoms. The second-order valence-corrected chi connectivity index (χ2v) is 6.26. The van der Waals surface area contributed by atoms with Gasteiger partial charge in [-0.05, 0) is 18.9 Å². The monoisotopic (exact) mass is 301 g/mol. The normalized spacial score (nSPS) is 11.3. The molecule has 123 valence electrons. The Morgan fingerprint density at radius 1 is 0.773 bits per heavy atom. The number of benzene rings is 1. The number of para-hydroxylation sites is 1. The average Bonchev–Trinajstić information content (AvgIpc) is 2.53. The Labute approximate surface area is 137 Å². The summed E-state index contributed by atoms with van der Waals surface area (Å²) in [7, 11) is 0. The molecule has 0 aliphatic heterocycles. The number of unbranched alkanes of at least 4 members (excludes halogenated alkanes) is 11. The smallest absolute Gasteiger partial charge is 0.185 e. The van der Waals surface area contributed by atoms with Crippen LogP contribution in [0.1, 0.15) is 89.5 Å². The summed E-state index contributed by atoms with van der Waals surface area (Å²) in [6.07, 6.45) is 20.4. The topological polar surface area (TPSA) is 19.9 Å². The molecule has 0 saturated heterocycles. The average molecular weight is 301 g/mol. The Morgan fingerprint density at radius 2 is 1.32 bits per heavy atom. The zero-order valence-electron chi connectivity index (χ0n) is 14.4. The van der Waals surface area contributed by atoms with E-state index in [0.717, 1.165) is 12.0 Å². The summed E-state index contributed by atoms with van der Waals surface area (Å²) >= 11 is 0. The van der Waals surface area contributed by atoms with Crippen LogP contribution in [0.25, 0.3) is 6.08 Å². The highest BCUT2D eigenvalue weighted by molar-refractivity contribution is 5.56. The number of hydrogen-bond donors (Lipinski definition) is 0. The standard InChI is InChI=1S/C21H33O/c1-2-3-4-5-6-7-8-9-10-11-12-13-14-17-20-18-15-16-19-21(20)22/h14-19H,2-13H2,1H3. The Bertz CT molecular complexity index is 395. The Morgan fingerprint density at radius 3 is 1.91 bits per heavy atom. The van der Waals surface area contributed by atoms with Crippen molar-refractivity contribution in [3.63, 3.8) is 0 Å². The highest BCUT2D eigenvalue weighted by atomic mass is 16.3. The van der Waals surface area contributed by atoms with Gasteiger partial charge in [-0.25, -0.2) is 0 Å². The molecule has 0 aromatic heterocycles. The van der Waals surface area contributed by atoms with Gasteiger partial charge in [-0.15, -0.1) is 0 Å². The first-order chi connectivity index (χ1) is 10.8. The predicted molar refractivity (Wildman–Crippen MR) is 96.7 cm³/mol. The van der Waals surface area contributed by atoms with Crippen molar-refractivity contribution >= 4 is 6.08 Å². The van der Waals surface area contributed by atoms with Gasteiger partial charge in [-0.2, -0.15) is 0 Å². The van der Waals surface area contributed by atoms with Crippen LogP contribution < -0.4 is 0 Å². The molecule has 0 aliphatic rings. The Kier molecular flexibility index (Phi) is 11.5. The van der Waals surface area contributed by atoms with Crippen LogP contribution in [-0.4, -0.2) is 0 Å². The van der Waals surface area contributed by atoms with Gasteiger partial charge in [0.1, 0.15) is 0 Å². The van der Waals surface area contributed by atoms with Gasteiger partial charge in [0.15, 0.2) is 5.75 Å². The predicted octanol–water partition coefficient (Wildman–Crippen LogP) is 7.54. The summed E-state index contributed by atoms with van der Waals surface area (Å²) in [5, 5.41) is 11.5. The molecular formula is C21H33O. The minimum atomic E-state index is 0.123. The van der Waals surface area contributed by atoms with Crippen molar-refractivity contribution in [1.82, 2.24) is 0 Å². The molecule has 0 fully saturated rings. The number of rotatable bonds is 13. The summed E-state index contributed by atoms with van der Waals surface area (Å²) < 4.78 is 0. The molecule has 0 N–H and O–H groups in total. The summed E-state index contributed by atoms with van der Waals surface area (Å²) in [6, 6.07) is 7.23. The SMILES string of the molecule is CCCCCCCCCCCCCC=Cc1ccccc1[O]. The molecule has 0 atom stereocenters. The van der Waals surface area contributed by atoms with E-state index in [1.165, 1.54) is 70.6 Å². The molecule has 22 heavy (non-hydrogen) atoms. The van der Waals surface area contributed by atoms with Crippen LogP contribution in [-0.2, 0) is 5.11 Å². The van der Waals surface area contributed by atoms with E-state index >= 15 is 0 Å². The zero-order chi connectivity index (χ0) is 15.9. The van der Waals surface area contributed by atoms with E-state index in [1.807, 2.05) is 18.2 Å². The fraction of sp³-hybridized carbons (Fsp3) is 0.619. The summed E-state index contributed by atoms with van der Waals surface area (Å²) in [5.41, 5.74) is 0.811. The van der Waals surface area contributed by atoms with Crippen LogP contribution in [0.2, 0.25) is 0 Å². The number of hydrogen-bond acceptors (Lipinski definition) is 0. The lowest BCUT2D eigenvalue weighted by molar-refractivity contribution is 0.354. The van der Waals surface area contributed by atoms with Crippen molar-refractivity contribution in [3.8, 4) is 5.75 Å². The first-order valence-electron chi connectivity index (χ1n) is 9.27. The van der Waals surface area contributed by atoms with E-state index in [4.69, 9.17) is 0 Å². The van der Waals surface area contributed by atoms with Crippen LogP contribution >= 0.6 is 0 Å². The van der Waals surface area contributed by atoms with Crippen LogP contribution in [0.4, 0.5) is 0 Å². The first kappa shape index (κ1) is 18.8. The van der Waals surface area contributed by atoms with Crippen LogP contribution in [0.3, 0.4) is 0 Å². The lowest BCUT2D eigenvalue weighted by Gasteiger charge is -2.01. The molecule has 1 aromatic rings. The summed E-state index contributed by atoms with van der Waals surface area (Å²) in [6.45, 7) is 2.27. The highest BCUT2D eigenvalue weighted by Crippen LogP contribution is 2.18. The second kappa shape index (κ2) is 13.4. The van der Waals surface area contributed by atoms with Gasteiger partial charge in [0.05, 0.1) is 0 Å². The van der Waals surface area contributed by atoms with E-state index in [9.17, 15) is 5.11 Å².